The van der Waals surface area contributed by atoms with Gasteiger partial charge in [0.15, 0.2) is 5.78 Å². The van der Waals surface area contributed by atoms with Gasteiger partial charge >= 0.3 is 0 Å². The van der Waals surface area contributed by atoms with Gasteiger partial charge in [-0.15, -0.1) is 0 Å². The van der Waals surface area contributed by atoms with Gasteiger partial charge in [0.05, 0.1) is 0 Å². The van der Waals surface area contributed by atoms with E-state index < -0.39 is 0 Å². The Hall–Kier alpha value is -1.64. The summed E-state index contributed by atoms with van der Waals surface area (Å²) in [5.74, 6) is 0.114. The van der Waals surface area contributed by atoms with Crippen LogP contribution in [0.4, 0.5) is 0 Å². The summed E-state index contributed by atoms with van der Waals surface area (Å²) in [4.78, 5) is 26.1. The average Bonchev–Trinajstić information content (AvgIpc) is 2.53. The fraction of sp³-hybridized carbons (Fsp3) is 0.529. The minimum Gasteiger partial charge on any atom is -0.339 e. The number of ketones is 1. The van der Waals surface area contributed by atoms with Crippen LogP contribution in [-0.4, -0.2) is 29.7 Å². The van der Waals surface area contributed by atoms with Gasteiger partial charge in [-0.05, 0) is 25.0 Å². The van der Waals surface area contributed by atoms with Crippen molar-refractivity contribution in [3.05, 3.63) is 35.4 Å². The molecule has 3 heteroatoms. The molecule has 1 amide bonds. The summed E-state index contributed by atoms with van der Waals surface area (Å²) in [5, 5.41) is 0. The lowest BCUT2D eigenvalue weighted by molar-refractivity contribution is 0.0696. The van der Waals surface area contributed by atoms with Crippen LogP contribution in [0.5, 0.6) is 0 Å². The summed E-state index contributed by atoms with van der Waals surface area (Å²) in [5.41, 5.74) is 1.26. The van der Waals surface area contributed by atoms with E-state index in [2.05, 4.69) is 0 Å². The van der Waals surface area contributed by atoms with Crippen LogP contribution in [0.2, 0.25) is 0 Å². The molecule has 1 saturated carbocycles. The number of rotatable bonds is 4. The molecule has 0 atom stereocenters. The Bertz CT molecular complexity index is 490. The van der Waals surface area contributed by atoms with Gasteiger partial charge in [-0.1, -0.05) is 38.3 Å². The molecule has 0 N–H and O–H groups in total. The van der Waals surface area contributed by atoms with E-state index >= 15 is 0 Å². The average molecular weight is 273 g/mol. The Morgan fingerprint density at radius 3 is 2.45 bits per heavy atom. The molecular weight excluding hydrogens is 250 g/mol. The maximum atomic E-state index is 12.5. The van der Waals surface area contributed by atoms with E-state index in [-0.39, 0.29) is 11.7 Å². The third-order valence-electron chi connectivity index (χ3n) is 4.20. The first-order valence-corrected chi connectivity index (χ1v) is 7.54. The number of carbonyl (C=O) groups is 2. The van der Waals surface area contributed by atoms with Crippen molar-refractivity contribution in [1.29, 1.82) is 0 Å². The quantitative estimate of drug-likeness (QED) is 0.785. The molecule has 0 heterocycles. The third kappa shape index (κ3) is 3.27. The second-order valence-electron chi connectivity index (χ2n) is 5.57. The van der Waals surface area contributed by atoms with Gasteiger partial charge < -0.3 is 4.90 Å². The van der Waals surface area contributed by atoms with Gasteiger partial charge in [-0.2, -0.15) is 0 Å². The molecule has 2 rings (SSSR count). The van der Waals surface area contributed by atoms with E-state index in [1.54, 1.807) is 24.3 Å². The summed E-state index contributed by atoms with van der Waals surface area (Å²) >= 11 is 0. The summed E-state index contributed by atoms with van der Waals surface area (Å²) < 4.78 is 0. The van der Waals surface area contributed by atoms with Crippen LogP contribution >= 0.6 is 0 Å². The van der Waals surface area contributed by atoms with E-state index in [9.17, 15) is 9.59 Å². The molecule has 1 aliphatic rings. The Kier molecular flexibility index (Phi) is 4.94. The summed E-state index contributed by atoms with van der Waals surface area (Å²) in [6, 6.07) is 7.46. The number of amides is 1. The van der Waals surface area contributed by atoms with Gasteiger partial charge in [-0.25, -0.2) is 0 Å². The van der Waals surface area contributed by atoms with Crippen molar-refractivity contribution in [2.45, 2.75) is 51.5 Å². The molecule has 20 heavy (non-hydrogen) atoms. The van der Waals surface area contributed by atoms with Crippen LogP contribution in [0.3, 0.4) is 0 Å². The van der Waals surface area contributed by atoms with Gasteiger partial charge in [0.2, 0.25) is 0 Å². The first kappa shape index (κ1) is 14.8. The van der Waals surface area contributed by atoms with Crippen molar-refractivity contribution in [2.24, 2.45) is 0 Å². The molecule has 0 bridgehead atoms. The third-order valence-corrected chi connectivity index (χ3v) is 4.20. The zero-order valence-electron chi connectivity index (χ0n) is 12.4. The number of hydrogen-bond donors (Lipinski definition) is 0. The molecule has 1 aliphatic carbocycles. The summed E-state index contributed by atoms with van der Waals surface area (Å²) in [7, 11) is 1.88. The number of hydrogen-bond acceptors (Lipinski definition) is 2. The van der Waals surface area contributed by atoms with Gasteiger partial charge in [0.25, 0.3) is 5.91 Å². The summed E-state index contributed by atoms with van der Waals surface area (Å²) in [6.45, 7) is 1.84. The molecule has 0 unspecified atom stereocenters. The van der Waals surface area contributed by atoms with Crippen molar-refractivity contribution < 1.29 is 9.59 Å². The zero-order chi connectivity index (χ0) is 14.5. The van der Waals surface area contributed by atoms with Crippen LogP contribution < -0.4 is 0 Å². The van der Waals surface area contributed by atoms with Crippen molar-refractivity contribution in [1.82, 2.24) is 4.90 Å². The van der Waals surface area contributed by atoms with E-state index in [1.165, 1.54) is 19.3 Å². The molecule has 3 nitrogen and oxygen atoms in total. The number of benzene rings is 1. The Balaban J connectivity index is 2.13. The Morgan fingerprint density at radius 1 is 1.15 bits per heavy atom. The fourth-order valence-electron chi connectivity index (χ4n) is 2.87. The van der Waals surface area contributed by atoms with E-state index in [0.717, 1.165) is 12.8 Å². The highest BCUT2D eigenvalue weighted by Gasteiger charge is 2.23. The van der Waals surface area contributed by atoms with Gasteiger partial charge in [-0.3, -0.25) is 9.59 Å². The molecule has 0 saturated heterocycles. The SMILES string of the molecule is CCC(=O)c1cccc(C(=O)N(C)C2CCCCC2)c1. The lowest BCUT2D eigenvalue weighted by atomic mass is 9.94. The summed E-state index contributed by atoms with van der Waals surface area (Å²) in [6.07, 6.45) is 6.34. The molecule has 1 aromatic carbocycles. The Labute approximate surface area is 121 Å². The first-order valence-electron chi connectivity index (χ1n) is 7.54. The lowest BCUT2D eigenvalue weighted by Gasteiger charge is -2.31. The molecule has 0 radical (unpaired) electrons. The van der Waals surface area contributed by atoms with Crippen LogP contribution in [0.15, 0.2) is 24.3 Å². The number of carbonyl (C=O) groups excluding carboxylic acids is 2. The minimum atomic E-state index is 0.0302. The second kappa shape index (κ2) is 6.69. The molecule has 0 aliphatic heterocycles. The minimum absolute atomic E-state index is 0.0302. The predicted octanol–water partition coefficient (Wildman–Crippen LogP) is 3.68. The van der Waals surface area contributed by atoms with Crippen LogP contribution in [0, 0.1) is 0 Å². The molecule has 1 aromatic rings. The van der Waals surface area contributed by atoms with Gasteiger partial charge in [0, 0.05) is 30.6 Å². The monoisotopic (exact) mass is 273 g/mol. The second-order valence-corrected chi connectivity index (χ2v) is 5.57. The van der Waals surface area contributed by atoms with Crippen molar-refractivity contribution >= 4 is 11.7 Å². The van der Waals surface area contributed by atoms with Crippen molar-refractivity contribution in [3.8, 4) is 0 Å². The van der Waals surface area contributed by atoms with E-state index in [4.69, 9.17) is 0 Å². The molecule has 0 spiro atoms. The maximum Gasteiger partial charge on any atom is 0.253 e. The smallest absolute Gasteiger partial charge is 0.253 e. The van der Waals surface area contributed by atoms with E-state index in [0.29, 0.717) is 23.6 Å². The normalized spacial score (nSPS) is 15.9. The largest absolute Gasteiger partial charge is 0.339 e. The van der Waals surface area contributed by atoms with Crippen molar-refractivity contribution in [2.75, 3.05) is 7.05 Å². The van der Waals surface area contributed by atoms with E-state index in [1.807, 2.05) is 18.9 Å². The van der Waals surface area contributed by atoms with Crippen LogP contribution in [0.1, 0.15) is 66.2 Å². The predicted molar refractivity (Wildman–Crippen MR) is 80.0 cm³/mol. The fourth-order valence-corrected chi connectivity index (χ4v) is 2.87. The highest BCUT2D eigenvalue weighted by molar-refractivity contribution is 6.00. The highest BCUT2D eigenvalue weighted by Crippen LogP contribution is 2.23. The van der Waals surface area contributed by atoms with Crippen molar-refractivity contribution in [3.63, 3.8) is 0 Å². The topological polar surface area (TPSA) is 37.4 Å². The first-order chi connectivity index (χ1) is 9.63. The zero-order valence-corrected chi connectivity index (χ0v) is 12.4. The highest BCUT2D eigenvalue weighted by atomic mass is 16.2. The molecule has 1 fully saturated rings. The lowest BCUT2D eigenvalue weighted by Crippen LogP contribution is -2.38. The molecule has 108 valence electrons. The molecule has 0 aromatic heterocycles. The number of Topliss-reactive ketones (excluding diaryl/α,β-unsaturated/α-hetero) is 1. The Morgan fingerprint density at radius 2 is 1.80 bits per heavy atom. The van der Waals surface area contributed by atoms with Crippen LogP contribution in [-0.2, 0) is 0 Å². The maximum absolute atomic E-state index is 12.5. The number of nitrogens with zero attached hydrogens (tertiary/aromatic N) is 1. The van der Waals surface area contributed by atoms with Crippen LogP contribution in [0.25, 0.3) is 0 Å². The standard InChI is InChI=1S/C17H23NO2/c1-3-16(19)13-8-7-9-14(12-13)17(20)18(2)15-10-5-4-6-11-15/h7-9,12,15H,3-6,10-11H2,1-2H3. The van der Waals surface area contributed by atoms with Gasteiger partial charge in [0.1, 0.15) is 0 Å². The molecular formula is C17H23NO2.